The Labute approximate surface area is 168 Å². The number of ether oxygens (including phenoxy) is 2. The molecule has 3 nitrogen and oxygen atoms in total. The lowest BCUT2D eigenvalue weighted by molar-refractivity contribution is 0.218. The molecule has 0 aromatic heterocycles. The molecule has 3 rings (SSSR count). The average molecular weight is 376 g/mol. The molecule has 0 bridgehead atoms. The third-order valence-corrected chi connectivity index (χ3v) is 4.54. The van der Waals surface area contributed by atoms with E-state index in [-0.39, 0.29) is 5.41 Å². The Bertz CT molecular complexity index is 852. The van der Waals surface area contributed by atoms with Gasteiger partial charge >= 0.3 is 0 Å². The van der Waals surface area contributed by atoms with Crippen molar-refractivity contribution in [3.8, 4) is 11.5 Å². The lowest BCUT2D eigenvalue weighted by atomic mass is 9.87. The molecule has 146 valence electrons. The second-order valence-electron chi connectivity index (χ2n) is 7.81. The van der Waals surface area contributed by atoms with E-state index in [4.69, 9.17) is 9.47 Å². The molecule has 1 N–H and O–H groups in total. The van der Waals surface area contributed by atoms with Gasteiger partial charge < -0.3 is 14.8 Å². The third kappa shape index (κ3) is 5.78. The Kier molecular flexibility index (Phi) is 6.59. The summed E-state index contributed by atoms with van der Waals surface area (Å²) in [6.07, 6.45) is 0. The zero-order valence-corrected chi connectivity index (χ0v) is 16.9. The number of rotatable bonds is 8. The highest BCUT2D eigenvalue weighted by atomic mass is 16.5. The van der Waals surface area contributed by atoms with Gasteiger partial charge in [-0.05, 0) is 40.8 Å². The average Bonchev–Trinajstić information content (AvgIpc) is 2.71. The van der Waals surface area contributed by atoms with Gasteiger partial charge in [-0.3, -0.25) is 0 Å². The van der Waals surface area contributed by atoms with Gasteiger partial charge in [0, 0.05) is 6.54 Å². The second-order valence-corrected chi connectivity index (χ2v) is 7.81. The molecule has 0 radical (unpaired) electrons. The fourth-order valence-electron chi connectivity index (χ4n) is 2.89. The Hall–Kier alpha value is -2.94. The number of para-hydroxylation sites is 3. The van der Waals surface area contributed by atoms with Crippen LogP contribution in [0.5, 0.6) is 11.5 Å². The topological polar surface area (TPSA) is 30.5 Å². The largest absolute Gasteiger partial charge is 0.490 e. The van der Waals surface area contributed by atoms with Crippen LogP contribution in [0.15, 0.2) is 78.9 Å². The van der Waals surface area contributed by atoms with E-state index in [9.17, 15) is 0 Å². The van der Waals surface area contributed by atoms with Gasteiger partial charge in [0.25, 0.3) is 0 Å². The van der Waals surface area contributed by atoms with E-state index in [0.29, 0.717) is 13.2 Å². The van der Waals surface area contributed by atoms with Crippen LogP contribution in [-0.2, 0) is 12.0 Å². The summed E-state index contributed by atoms with van der Waals surface area (Å²) in [6.45, 7) is 8.45. The van der Waals surface area contributed by atoms with E-state index in [1.807, 2.05) is 54.6 Å². The quantitative estimate of drug-likeness (QED) is 0.486. The molecule has 0 fully saturated rings. The molecule has 0 saturated heterocycles. The van der Waals surface area contributed by atoms with Crippen molar-refractivity contribution >= 4 is 5.69 Å². The first-order chi connectivity index (χ1) is 13.5. The number of nitrogens with one attached hydrogen (secondary N) is 1. The van der Waals surface area contributed by atoms with Crippen LogP contribution >= 0.6 is 0 Å². The maximum absolute atomic E-state index is 5.92. The van der Waals surface area contributed by atoms with E-state index >= 15 is 0 Å². The highest BCUT2D eigenvalue weighted by Gasteiger charge is 2.12. The number of benzene rings is 3. The molecule has 0 unspecified atom stereocenters. The molecule has 0 amide bonds. The predicted molar refractivity (Wildman–Crippen MR) is 116 cm³/mol. The minimum atomic E-state index is 0.175. The van der Waals surface area contributed by atoms with Gasteiger partial charge in [0.05, 0.1) is 5.69 Å². The highest BCUT2D eigenvalue weighted by Crippen LogP contribution is 2.25. The SMILES string of the molecule is CC(C)(C)c1ccc(CNc2ccccc2OCCOc2ccccc2)cc1. The zero-order valence-electron chi connectivity index (χ0n) is 16.9. The highest BCUT2D eigenvalue weighted by molar-refractivity contribution is 5.56. The molecular weight excluding hydrogens is 346 g/mol. The number of anilines is 1. The minimum absolute atomic E-state index is 0.175. The van der Waals surface area contributed by atoms with Crippen LogP contribution in [0.4, 0.5) is 5.69 Å². The van der Waals surface area contributed by atoms with Crippen molar-refractivity contribution in [2.24, 2.45) is 0 Å². The lowest BCUT2D eigenvalue weighted by Gasteiger charge is -2.19. The molecule has 3 aromatic carbocycles. The Morgan fingerprint density at radius 3 is 2.07 bits per heavy atom. The maximum atomic E-state index is 5.92. The van der Waals surface area contributed by atoms with E-state index < -0.39 is 0 Å². The summed E-state index contributed by atoms with van der Waals surface area (Å²) < 4.78 is 11.6. The van der Waals surface area contributed by atoms with E-state index in [1.54, 1.807) is 0 Å². The molecule has 3 heteroatoms. The van der Waals surface area contributed by atoms with Crippen molar-refractivity contribution in [2.75, 3.05) is 18.5 Å². The molecule has 28 heavy (non-hydrogen) atoms. The lowest BCUT2D eigenvalue weighted by Crippen LogP contribution is -2.11. The molecule has 0 saturated carbocycles. The van der Waals surface area contributed by atoms with Crippen LogP contribution < -0.4 is 14.8 Å². The molecule has 3 aromatic rings. The van der Waals surface area contributed by atoms with Crippen LogP contribution in [-0.4, -0.2) is 13.2 Å². The zero-order chi connectivity index (χ0) is 19.8. The van der Waals surface area contributed by atoms with Crippen molar-refractivity contribution < 1.29 is 9.47 Å². The van der Waals surface area contributed by atoms with Gasteiger partial charge in [-0.2, -0.15) is 0 Å². The summed E-state index contributed by atoms with van der Waals surface area (Å²) in [6, 6.07) is 26.6. The first-order valence-corrected chi connectivity index (χ1v) is 9.75. The minimum Gasteiger partial charge on any atom is -0.490 e. The summed E-state index contributed by atoms with van der Waals surface area (Å²) in [7, 11) is 0. The summed E-state index contributed by atoms with van der Waals surface area (Å²) >= 11 is 0. The third-order valence-electron chi connectivity index (χ3n) is 4.54. The molecule has 0 aliphatic carbocycles. The number of hydrogen-bond donors (Lipinski definition) is 1. The molecule has 0 atom stereocenters. The fourth-order valence-corrected chi connectivity index (χ4v) is 2.89. The van der Waals surface area contributed by atoms with E-state index in [0.717, 1.165) is 23.7 Å². The van der Waals surface area contributed by atoms with Gasteiger partial charge in [0.2, 0.25) is 0 Å². The van der Waals surface area contributed by atoms with Crippen LogP contribution in [0.3, 0.4) is 0 Å². The van der Waals surface area contributed by atoms with Crippen molar-refractivity contribution in [1.82, 2.24) is 0 Å². The van der Waals surface area contributed by atoms with Crippen LogP contribution in [0.25, 0.3) is 0 Å². The van der Waals surface area contributed by atoms with Gasteiger partial charge in [-0.1, -0.05) is 75.4 Å². The fraction of sp³-hybridized carbons (Fsp3) is 0.280. The normalized spacial score (nSPS) is 11.1. The Morgan fingerprint density at radius 1 is 0.714 bits per heavy atom. The van der Waals surface area contributed by atoms with Crippen molar-refractivity contribution in [2.45, 2.75) is 32.7 Å². The number of hydrogen-bond acceptors (Lipinski definition) is 3. The van der Waals surface area contributed by atoms with E-state index in [2.05, 4.69) is 50.4 Å². The molecule has 0 heterocycles. The smallest absolute Gasteiger partial charge is 0.142 e. The predicted octanol–water partition coefficient (Wildman–Crippen LogP) is 6.05. The Morgan fingerprint density at radius 2 is 1.36 bits per heavy atom. The van der Waals surface area contributed by atoms with Crippen LogP contribution in [0.2, 0.25) is 0 Å². The first kappa shape index (κ1) is 19.8. The van der Waals surface area contributed by atoms with E-state index in [1.165, 1.54) is 11.1 Å². The van der Waals surface area contributed by atoms with Gasteiger partial charge in [0.15, 0.2) is 0 Å². The molecule has 0 spiro atoms. The van der Waals surface area contributed by atoms with Gasteiger partial charge in [0.1, 0.15) is 24.7 Å². The van der Waals surface area contributed by atoms with Crippen molar-refractivity contribution in [1.29, 1.82) is 0 Å². The monoisotopic (exact) mass is 375 g/mol. The molecule has 0 aliphatic rings. The van der Waals surface area contributed by atoms with Gasteiger partial charge in [-0.15, -0.1) is 0 Å². The Balaban J connectivity index is 1.52. The van der Waals surface area contributed by atoms with Crippen molar-refractivity contribution in [3.63, 3.8) is 0 Å². The maximum Gasteiger partial charge on any atom is 0.142 e. The van der Waals surface area contributed by atoms with Crippen LogP contribution in [0, 0.1) is 0 Å². The summed E-state index contributed by atoms with van der Waals surface area (Å²) in [5.41, 5.74) is 3.75. The van der Waals surface area contributed by atoms with Crippen LogP contribution in [0.1, 0.15) is 31.9 Å². The molecule has 0 aliphatic heterocycles. The summed E-state index contributed by atoms with van der Waals surface area (Å²) in [4.78, 5) is 0. The first-order valence-electron chi connectivity index (χ1n) is 9.75. The van der Waals surface area contributed by atoms with Gasteiger partial charge in [-0.25, -0.2) is 0 Å². The molecular formula is C25H29NO2. The second kappa shape index (κ2) is 9.32. The summed E-state index contributed by atoms with van der Waals surface area (Å²) in [5, 5.41) is 3.48. The standard InChI is InChI=1S/C25H29NO2/c1-25(2,3)21-15-13-20(14-16-21)19-26-23-11-7-8-12-24(23)28-18-17-27-22-9-5-4-6-10-22/h4-16,26H,17-19H2,1-3H3. The van der Waals surface area contributed by atoms with Crippen molar-refractivity contribution in [3.05, 3.63) is 90.0 Å². The summed E-state index contributed by atoms with van der Waals surface area (Å²) in [5.74, 6) is 1.70.